The van der Waals surface area contributed by atoms with Gasteiger partial charge in [-0.25, -0.2) is 0 Å². The second kappa shape index (κ2) is 8.38. The molecule has 7 heteroatoms. The van der Waals surface area contributed by atoms with Crippen molar-refractivity contribution in [2.45, 2.75) is 0 Å². The van der Waals surface area contributed by atoms with Crippen molar-refractivity contribution in [3.05, 3.63) is 115 Å². The number of H-pyrrole nitrogens is 1. The molecule has 152 valence electrons. The lowest BCUT2D eigenvalue weighted by molar-refractivity contribution is -0.384. The molecule has 1 N–H and O–H groups in total. The average molecular weight is 431 g/mol. The highest BCUT2D eigenvalue weighted by Crippen LogP contribution is 2.31. The number of pyridine rings is 1. The first-order valence-corrected chi connectivity index (χ1v) is 9.69. The number of carbonyl (C=O) groups is 1. The lowest BCUT2D eigenvalue weighted by atomic mass is 9.94. The summed E-state index contributed by atoms with van der Waals surface area (Å²) in [6, 6.07) is 20.0. The summed E-state index contributed by atoms with van der Waals surface area (Å²) in [5, 5.41) is 11.9. The van der Waals surface area contributed by atoms with E-state index in [2.05, 4.69) is 4.98 Å². The third kappa shape index (κ3) is 4.15. The third-order valence-corrected chi connectivity index (χ3v) is 5.05. The normalized spacial score (nSPS) is 11.1. The van der Waals surface area contributed by atoms with Gasteiger partial charge >= 0.3 is 0 Å². The zero-order valence-corrected chi connectivity index (χ0v) is 16.8. The number of allylic oxidation sites excluding steroid dienone is 1. The fourth-order valence-corrected chi connectivity index (χ4v) is 3.54. The topological polar surface area (TPSA) is 93.1 Å². The summed E-state index contributed by atoms with van der Waals surface area (Å²) in [6.07, 6.45) is 2.80. The summed E-state index contributed by atoms with van der Waals surface area (Å²) in [7, 11) is 0. The van der Waals surface area contributed by atoms with Gasteiger partial charge in [0.2, 0.25) is 0 Å². The number of benzene rings is 3. The fourth-order valence-electron chi connectivity index (χ4n) is 3.37. The number of nitro benzene ring substituents is 1. The summed E-state index contributed by atoms with van der Waals surface area (Å²) in [6.45, 7) is 0. The number of aromatic amines is 1. The van der Waals surface area contributed by atoms with E-state index in [9.17, 15) is 19.7 Å². The summed E-state index contributed by atoms with van der Waals surface area (Å²) < 4.78 is 0. The van der Waals surface area contributed by atoms with Crippen LogP contribution in [0.15, 0.2) is 83.7 Å². The lowest BCUT2D eigenvalue weighted by Gasteiger charge is -2.11. The molecule has 0 radical (unpaired) electrons. The first-order chi connectivity index (χ1) is 14.9. The van der Waals surface area contributed by atoms with E-state index >= 15 is 0 Å². The largest absolute Gasteiger partial charge is 0.321 e. The lowest BCUT2D eigenvalue weighted by Crippen LogP contribution is -2.18. The molecule has 0 unspecified atom stereocenters. The Labute approximate surface area is 181 Å². The predicted octanol–water partition coefficient (Wildman–Crippen LogP) is 5.65. The van der Waals surface area contributed by atoms with Gasteiger partial charge < -0.3 is 4.98 Å². The third-order valence-electron chi connectivity index (χ3n) is 4.82. The molecule has 0 aliphatic carbocycles. The Morgan fingerprint density at radius 2 is 1.71 bits per heavy atom. The molecule has 0 bridgehead atoms. The number of nitrogens with one attached hydrogen (secondary N) is 1. The van der Waals surface area contributed by atoms with E-state index < -0.39 is 16.3 Å². The zero-order chi connectivity index (χ0) is 22.0. The van der Waals surface area contributed by atoms with Crippen LogP contribution in [0.3, 0.4) is 0 Å². The van der Waals surface area contributed by atoms with Gasteiger partial charge in [-0.1, -0.05) is 48.0 Å². The van der Waals surface area contributed by atoms with Gasteiger partial charge in [-0.2, -0.15) is 0 Å². The first kappa shape index (κ1) is 20.3. The summed E-state index contributed by atoms with van der Waals surface area (Å²) in [5.41, 5.74) is 1.83. The van der Waals surface area contributed by atoms with Crippen molar-refractivity contribution < 1.29 is 9.72 Å². The molecule has 6 nitrogen and oxygen atoms in total. The summed E-state index contributed by atoms with van der Waals surface area (Å²) in [5.74, 6) is -0.486. The minimum atomic E-state index is -0.507. The van der Waals surface area contributed by atoms with Gasteiger partial charge in [-0.05, 0) is 47.5 Å². The summed E-state index contributed by atoms with van der Waals surface area (Å²) in [4.78, 5) is 39.0. The molecular formula is C24H15ClN2O4. The van der Waals surface area contributed by atoms with Gasteiger partial charge in [-0.15, -0.1) is 0 Å². The Morgan fingerprint density at radius 3 is 2.39 bits per heavy atom. The maximum atomic E-state index is 13.1. The molecule has 0 fully saturated rings. The van der Waals surface area contributed by atoms with Gasteiger partial charge in [0.1, 0.15) is 0 Å². The smallest absolute Gasteiger partial charge is 0.269 e. The van der Waals surface area contributed by atoms with Crippen LogP contribution in [0, 0.1) is 10.1 Å². The maximum absolute atomic E-state index is 13.1. The van der Waals surface area contributed by atoms with E-state index in [4.69, 9.17) is 11.6 Å². The number of ketones is 1. The molecule has 31 heavy (non-hydrogen) atoms. The molecule has 0 saturated carbocycles. The molecule has 4 rings (SSSR count). The van der Waals surface area contributed by atoms with Crippen molar-refractivity contribution >= 4 is 40.1 Å². The number of fused-ring (bicyclic) bond motifs is 1. The van der Waals surface area contributed by atoms with Crippen LogP contribution in [0.1, 0.15) is 15.9 Å². The van der Waals surface area contributed by atoms with Crippen molar-refractivity contribution in [3.63, 3.8) is 0 Å². The SMILES string of the molecule is O=C(/C=C/c1ccc([N+](=O)[O-])cc1)c1c(-c2ccccc2)c2cc(Cl)ccc2[nH]c1=O. The standard InChI is InChI=1S/C24H15ClN2O4/c25-17-9-12-20-19(14-17)22(16-4-2-1-3-5-16)23(24(29)26-20)21(28)13-8-15-6-10-18(11-7-15)27(30)31/h1-14H,(H,26,29)/b13-8+. The van der Waals surface area contributed by atoms with Crippen LogP contribution in [0.25, 0.3) is 28.1 Å². The highest BCUT2D eigenvalue weighted by Gasteiger charge is 2.19. The number of non-ortho nitro benzene ring substituents is 1. The second-order valence-electron chi connectivity index (χ2n) is 6.81. The Hall–Kier alpha value is -4.03. The number of rotatable bonds is 5. The number of nitro groups is 1. The van der Waals surface area contributed by atoms with Crippen LogP contribution >= 0.6 is 11.6 Å². The van der Waals surface area contributed by atoms with Crippen molar-refractivity contribution in [1.29, 1.82) is 0 Å². The fraction of sp³-hybridized carbons (Fsp3) is 0. The van der Waals surface area contributed by atoms with Gasteiger partial charge in [0.25, 0.3) is 11.2 Å². The Morgan fingerprint density at radius 1 is 1.00 bits per heavy atom. The second-order valence-corrected chi connectivity index (χ2v) is 7.24. The van der Waals surface area contributed by atoms with Crippen LogP contribution in [0.4, 0.5) is 5.69 Å². The van der Waals surface area contributed by atoms with E-state index in [0.29, 0.717) is 32.6 Å². The zero-order valence-electron chi connectivity index (χ0n) is 16.0. The van der Waals surface area contributed by atoms with Crippen LogP contribution in [0.5, 0.6) is 0 Å². The quantitative estimate of drug-likeness (QED) is 0.191. The van der Waals surface area contributed by atoms with Crippen LogP contribution < -0.4 is 5.56 Å². The number of hydrogen-bond acceptors (Lipinski definition) is 4. The predicted molar refractivity (Wildman–Crippen MR) is 121 cm³/mol. The molecule has 4 aromatic rings. The molecule has 1 aromatic heterocycles. The van der Waals surface area contributed by atoms with Gasteiger partial charge in [0, 0.05) is 33.6 Å². The molecular weight excluding hydrogens is 416 g/mol. The van der Waals surface area contributed by atoms with E-state index in [1.807, 2.05) is 30.3 Å². The maximum Gasteiger partial charge on any atom is 0.269 e. The Balaban J connectivity index is 1.84. The molecule has 0 atom stereocenters. The number of nitrogens with zero attached hydrogens (tertiary/aromatic N) is 1. The van der Waals surface area contributed by atoms with Gasteiger partial charge in [0.05, 0.1) is 10.5 Å². The Kier molecular flexibility index (Phi) is 5.47. The molecule has 0 saturated heterocycles. The van der Waals surface area contributed by atoms with E-state index in [-0.39, 0.29) is 11.3 Å². The van der Waals surface area contributed by atoms with Crippen molar-refractivity contribution in [2.24, 2.45) is 0 Å². The van der Waals surface area contributed by atoms with Gasteiger partial charge in [0.15, 0.2) is 5.78 Å². The highest BCUT2D eigenvalue weighted by molar-refractivity contribution is 6.31. The monoisotopic (exact) mass is 430 g/mol. The molecule has 3 aromatic carbocycles. The van der Waals surface area contributed by atoms with Crippen LogP contribution in [0.2, 0.25) is 5.02 Å². The molecule has 1 heterocycles. The van der Waals surface area contributed by atoms with Crippen molar-refractivity contribution in [3.8, 4) is 11.1 Å². The number of carbonyl (C=O) groups excluding carboxylic acids is 1. The van der Waals surface area contributed by atoms with Crippen molar-refractivity contribution in [1.82, 2.24) is 4.98 Å². The van der Waals surface area contributed by atoms with E-state index in [0.717, 1.165) is 0 Å². The number of aromatic nitrogens is 1. The average Bonchev–Trinajstić information content (AvgIpc) is 2.77. The van der Waals surface area contributed by atoms with E-state index in [1.165, 1.54) is 36.4 Å². The number of halogens is 1. The first-order valence-electron chi connectivity index (χ1n) is 9.32. The molecule has 0 amide bonds. The Bertz CT molecular complexity index is 1390. The van der Waals surface area contributed by atoms with E-state index in [1.54, 1.807) is 18.2 Å². The summed E-state index contributed by atoms with van der Waals surface area (Å²) >= 11 is 6.19. The number of hydrogen-bond donors (Lipinski definition) is 1. The van der Waals surface area contributed by atoms with Crippen molar-refractivity contribution in [2.75, 3.05) is 0 Å². The van der Waals surface area contributed by atoms with Crippen LogP contribution in [-0.2, 0) is 0 Å². The minimum Gasteiger partial charge on any atom is -0.321 e. The van der Waals surface area contributed by atoms with Crippen LogP contribution in [-0.4, -0.2) is 15.7 Å². The highest BCUT2D eigenvalue weighted by atomic mass is 35.5. The molecule has 0 spiro atoms. The minimum absolute atomic E-state index is 0.000807. The van der Waals surface area contributed by atoms with Gasteiger partial charge in [-0.3, -0.25) is 19.7 Å². The molecule has 0 aliphatic heterocycles. The molecule has 0 aliphatic rings.